The van der Waals surface area contributed by atoms with E-state index >= 15 is 0 Å². The Labute approximate surface area is 117 Å². The molecule has 1 aliphatic heterocycles. The lowest BCUT2D eigenvalue weighted by Crippen LogP contribution is -2.56. The molecule has 0 bridgehead atoms. The van der Waals surface area contributed by atoms with E-state index in [1.165, 1.54) is 19.3 Å². The van der Waals surface area contributed by atoms with Crippen molar-refractivity contribution in [3.05, 3.63) is 0 Å². The van der Waals surface area contributed by atoms with E-state index in [-0.39, 0.29) is 5.91 Å². The van der Waals surface area contributed by atoms with E-state index in [0.29, 0.717) is 30.6 Å². The number of nitrogens with one attached hydrogen (secondary N) is 2. The smallest absolute Gasteiger partial charge is 0.234 e. The maximum atomic E-state index is 12.2. The summed E-state index contributed by atoms with van der Waals surface area (Å²) in [5.74, 6) is 0.846. The molecule has 0 aromatic carbocycles. The maximum Gasteiger partial charge on any atom is 0.234 e. The largest absolute Gasteiger partial charge is 0.352 e. The van der Waals surface area contributed by atoms with Gasteiger partial charge in [0, 0.05) is 31.2 Å². The topological polar surface area (TPSA) is 44.4 Å². The molecular weight excluding hydrogens is 238 g/mol. The van der Waals surface area contributed by atoms with Crippen molar-refractivity contribution in [3.63, 3.8) is 0 Å². The van der Waals surface area contributed by atoms with Crippen molar-refractivity contribution in [1.29, 1.82) is 0 Å². The van der Waals surface area contributed by atoms with Crippen LogP contribution in [0.2, 0.25) is 0 Å². The van der Waals surface area contributed by atoms with Gasteiger partial charge < -0.3 is 10.6 Å². The molecule has 2 rings (SSSR count). The molecule has 2 fully saturated rings. The average molecular weight is 267 g/mol. The number of carbonyl (C=O) groups excluding carboxylic acids is 1. The van der Waals surface area contributed by atoms with Crippen LogP contribution in [0.5, 0.6) is 0 Å². The van der Waals surface area contributed by atoms with E-state index in [2.05, 4.69) is 36.3 Å². The Morgan fingerprint density at radius 2 is 1.79 bits per heavy atom. The average Bonchev–Trinajstić information content (AvgIpc) is 2.30. The van der Waals surface area contributed by atoms with Crippen LogP contribution in [-0.2, 0) is 4.79 Å². The highest BCUT2D eigenvalue weighted by Crippen LogP contribution is 2.23. The van der Waals surface area contributed by atoms with Crippen LogP contribution in [0.1, 0.15) is 46.5 Å². The Bertz CT molecular complexity index is 298. The molecule has 1 amide bonds. The van der Waals surface area contributed by atoms with Gasteiger partial charge in [0.25, 0.3) is 0 Å². The van der Waals surface area contributed by atoms with Gasteiger partial charge in [0.1, 0.15) is 0 Å². The van der Waals surface area contributed by atoms with Gasteiger partial charge in [-0.05, 0) is 32.6 Å². The second-order valence-electron chi connectivity index (χ2n) is 6.60. The number of nitrogens with zero attached hydrogens (tertiary/aromatic N) is 1. The summed E-state index contributed by atoms with van der Waals surface area (Å²) in [6.07, 6.45) is 4.99. The van der Waals surface area contributed by atoms with E-state index in [4.69, 9.17) is 0 Å². The van der Waals surface area contributed by atoms with Crippen molar-refractivity contribution < 1.29 is 4.79 Å². The van der Waals surface area contributed by atoms with E-state index in [9.17, 15) is 4.79 Å². The Kier molecular flexibility index (Phi) is 5.22. The quantitative estimate of drug-likeness (QED) is 0.811. The zero-order valence-electron chi connectivity index (χ0n) is 12.6. The number of piperazine rings is 1. The predicted molar refractivity (Wildman–Crippen MR) is 78.1 cm³/mol. The molecule has 2 N–H and O–H groups in total. The normalized spacial score (nSPS) is 37.0. The lowest BCUT2D eigenvalue weighted by molar-refractivity contribution is -0.123. The molecule has 2 aliphatic rings. The second-order valence-corrected chi connectivity index (χ2v) is 6.60. The molecule has 0 radical (unpaired) electrons. The second kappa shape index (κ2) is 6.71. The van der Waals surface area contributed by atoms with Gasteiger partial charge in [0.15, 0.2) is 0 Å². The number of carbonyl (C=O) groups is 1. The molecule has 1 saturated heterocycles. The van der Waals surface area contributed by atoms with E-state index in [1.807, 2.05) is 0 Å². The highest BCUT2D eigenvalue weighted by Gasteiger charge is 2.26. The van der Waals surface area contributed by atoms with Crippen LogP contribution in [0.25, 0.3) is 0 Å². The third-order valence-electron chi connectivity index (χ3n) is 4.46. The highest BCUT2D eigenvalue weighted by molar-refractivity contribution is 5.78. The zero-order chi connectivity index (χ0) is 13.8. The predicted octanol–water partition coefficient (Wildman–Crippen LogP) is 1.36. The van der Waals surface area contributed by atoms with Gasteiger partial charge in [-0.25, -0.2) is 0 Å². The molecule has 0 aromatic heterocycles. The summed E-state index contributed by atoms with van der Waals surface area (Å²) >= 11 is 0. The maximum absolute atomic E-state index is 12.2. The molecule has 19 heavy (non-hydrogen) atoms. The van der Waals surface area contributed by atoms with Gasteiger partial charge in [0.05, 0.1) is 6.54 Å². The Balaban J connectivity index is 1.77. The lowest BCUT2D eigenvalue weighted by atomic mass is 9.86. The van der Waals surface area contributed by atoms with E-state index in [1.54, 1.807) is 0 Å². The number of hydrogen-bond donors (Lipinski definition) is 2. The summed E-state index contributed by atoms with van der Waals surface area (Å²) in [4.78, 5) is 14.4. The van der Waals surface area contributed by atoms with Gasteiger partial charge in [-0.15, -0.1) is 0 Å². The molecule has 4 nitrogen and oxygen atoms in total. The van der Waals surface area contributed by atoms with Gasteiger partial charge >= 0.3 is 0 Å². The molecule has 110 valence electrons. The summed E-state index contributed by atoms with van der Waals surface area (Å²) in [5.41, 5.74) is 0. The van der Waals surface area contributed by atoms with Gasteiger partial charge in [-0.3, -0.25) is 9.69 Å². The van der Waals surface area contributed by atoms with Crippen molar-refractivity contribution >= 4 is 5.91 Å². The minimum absolute atomic E-state index is 0.208. The Morgan fingerprint density at radius 1 is 1.16 bits per heavy atom. The first-order valence-electron chi connectivity index (χ1n) is 7.82. The molecule has 1 heterocycles. The Morgan fingerprint density at radius 3 is 2.42 bits per heavy atom. The molecule has 1 saturated carbocycles. The number of amides is 1. The number of hydrogen-bond acceptors (Lipinski definition) is 3. The molecule has 1 aliphatic carbocycles. The molecule has 4 atom stereocenters. The summed E-state index contributed by atoms with van der Waals surface area (Å²) in [6.45, 7) is 9.13. The summed E-state index contributed by atoms with van der Waals surface area (Å²) < 4.78 is 0. The molecular formula is C15H29N3O. The molecule has 0 spiro atoms. The summed E-state index contributed by atoms with van der Waals surface area (Å²) in [6, 6.07) is 1.36. The van der Waals surface area contributed by atoms with Gasteiger partial charge in [-0.1, -0.05) is 19.8 Å². The fourth-order valence-corrected chi connectivity index (χ4v) is 3.56. The molecule has 4 unspecified atom stereocenters. The Hall–Kier alpha value is -0.610. The van der Waals surface area contributed by atoms with Crippen molar-refractivity contribution in [2.24, 2.45) is 5.92 Å². The summed E-state index contributed by atoms with van der Waals surface area (Å²) in [5, 5.41) is 6.74. The first kappa shape index (κ1) is 14.8. The minimum atomic E-state index is 0.208. The fourth-order valence-electron chi connectivity index (χ4n) is 3.56. The van der Waals surface area contributed by atoms with Gasteiger partial charge in [-0.2, -0.15) is 0 Å². The number of rotatable bonds is 3. The third-order valence-corrected chi connectivity index (χ3v) is 4.46. The van der Waals surface area contributed by atoms with Crippen LogP contribution in [0.3, 0.4) is 0 Å². The first-order valence-corrected chi connectivity index (χ1v) is 7.82. The van der Waals surface area contributed by atoms with E-state index in [0.717, 1.165) is 19.5 Å². The third kappa shape index (κ3) is 4.46. The van der Waals surface area contributed by atoms with Crippen molar-refractivity contribution in [3.8, 4) is 0 Å². The zero-order valence-corrected chi connectivity index (χ0v) is 12.6. The highest BCUT2D eigenvalue weighted by atomic mass is 16.2. The standard InChI is InChI=1S/C15H29N3O/c1-11-6-4-5-7-14(11)17-15(19)10-18-8-12(2)16-13(3)9-18/h11-14,16H,4-10H2,1-3H3,(H,17,19). The van der Waals surface area contributed by atoms with E-state index < -0.39 is 0 Å². The monoisotopic (exact) mass is 267 g/mol. The van der Waals surface area contributed by atoms with Crippen LogP contribution < -0.4 is 10.6 Å². The van der Waals surface area contributed by atoms with Crippen LogP contribution in [0, 0.1) is 5.92 Å². The van der Waals surface area contributed by atoms with Crippen LogP contribution in [0.4, 0.5) is 0 Å². The van der Waals surface area contributed by atoms with Crippen LogP contribution >= 0.6 is 0 Å². The molecule has 4 heteroatoms. The molecule has 0 aromatic rings. The van der Waals surface area contributed by atoms with Crippen LogP contribution in [-0.4, -0.2) is 48.6 Å². The fraction of sp³-hybridized carbons (Fsp3) is 0.933. The lowest BCUT2D eigenvalue weighted by Gasteiger charge is -2.36. The van der Waals surface area contributed by atoms with Crippen molar-refractivity contribution in [2.45, 2.75) is 64.6 Å². The van der Waals surface area contributed by atoms with Crippen LogP contribution in [0.15, 0.2) is 0 Å². The summed E-state index contributed by atoms with van der Waals surface area (Å²) in [7, 11) is 0. The first-order chi connectivity index (χ1) is 9.04. The minimum Gasteiger partial charge on any atom is -0.352 e. The SMILES string of the molecule is CC1CN(CC(=O)NC2CCCCC2C)CC(C)N1. The van der Waals surface area contributed by atoms with Crippen molar-refractivity contribution in [2.75, 3.05) is 19.6 Å². The van der Waals surface area contributed by atoms with Gasteiger partial charge in [0.2, 0.25) is 5.91 Å². The van der Waals surface area contributed by atoms with Crippen molar-refractivity contribution in [1.82, 2.24) is 15.5 Å².